The molecule has 0 heterocycles. The Labute approximate surface area is 91.0 Å². The molecule has 0 bridgehead atoms. The van der Waals surface area contributed by atoms with Gasteiger partial charge in [0.05, 0.1) is 5.56 Å². The molecule has 1 aromatic carbocycles. The number of rotatable bonds is 2. The van der Waals surface area contributed by atoms with Crippen LogP contribution in [0.15, 0.2) is 21.1 Å². The van der Waals surface area contributed by atoms with E-state index >= 15 is 0 Å². The summed E-state index contributed by atoms with van der Waals surface area (Å²) in [6.07, 6.45) is 0.653. The number of benzene rings is 1. The molecule has 0 amide bonds. The van der Waals surface area contributed by atoms with E-state index in [9.17, 15) is 9.59 Å². The second-order valence-electron chi connectivity index (χ2n) is 2.28. The lowest BCUT2D eigenvalue weighted by Crippen LogP contribution is -1.98. The number of aromatic carboxylic acids is 1. The molecule has 0 fully saturated rings. The van der Waals surface area contributed by atoms with Crippen LogP contribution < -0.4 is 0 Å². The first-order valence-corrected chi connectivity index (χ1v) is 4.82. The van der Waals surface area contributed by atoms with Gasteiger partial charge in [-0.2, -0.15) is 0 Å². The van der Waals surface area contributed by atoms with Crippen molar-refractivity contribution < 1.29 is 14.7 Å². The van der Waals surface area contributed by atoms with Gasteiger partial charge in [-0.25, -0.2) is 4.79 Å². The van der Waals surface area contributed by atoms with Crippen molar-refractivity contribution in [3.05, 3.63) is 32.2 Å². The summed E-state index contributed by atoms with van der Waals surface area (Å²) in [7, 11) is 0. The molecule has 0 atom stereocenters. The van der Waals surface area contributed by atoms with E-state index in [-0.39, 0.29) is 5.56 Å². The summed E-state index contributed by atoms with van der Waals surface area (Å²) in [6, 6.07) is 2.77. The first-order valence-electron chi connectivity index (χ1n) is 3.23. The molecule has 0 saturated heterocycles. The van der Waals surface area contributed by atoms with Crippen molar-refractivity contribution in [2.75, 3.05) is 0 Å². The van der Waals surface area contributed by atoms with Crippen LogP contribution in [0.5, 0.6) is 0 Å². The lowest BCUT2D eigenvalue weighted by Gasteiger charge is -2.01. The van der Waals surface area contributed by atoms with Crippen LogP contribution in [0.2, 0.25) is 0 Å². The minimum Gasteiger partial charge on any atom is -0.478 e. The molecule has 1 N–H and O–H groups in total. The molecule has 0 unspecified atom stereocenters. The van der Waals surface area contributed by atoms with E-state index in [2.05, 4.69) is 31.9 Å². The van der Waals surface area contributed by atoms with E-state index in [1.807, 2.05) is 0 Å². The van der Waals surface area contributed by atoms with Crippen LogP contribution in [0.4, 0.5) is 0 Å². The molecule has 0 radical (unpaired) electrons. The minimum atomic E-state index is -1.03. The molecular weight excluding hydrogens is 304 g/mol. The highest BCUT2D eigenvalue weighted by molar-refractivity contribution is 9.11. The zero-order chi connectivity index (χ0) is 10.0. The van der Waals surface area contributed by atoms with Gasteiger partial charge in [-0.3, -0.25) is 4.79 Å². The Bertz CT molecular complexity index is 351. The Morgan fingerprint density at radius 3 is 2.08 bits per heavy atom. The van der Waals surface area contributed by atoms with Gasteiger partial charge in [0.1, 0.15) is 0 Å². The van der Waals surface area contributed by atoms with Gasteiger partial charge >= 0.3 is 5.97 Å². The summed E-state index contributed by atoms with van der Waals surface area (Å²) in [5, 5.41) is 8.67. The maximum Gasteiger partial charge on any atom is 0.335 e. The van der Waals surface area contributed by atoms with Crippen molar-refractivity contribution in [3.63, 3.8) is 0 Å². The molecule has 0 aliphatic heterocycles. The van der Waals surface area contributed by atoms with Crippen molar-refractivity contribution in [1.82, 2.24) is 0 Å². The van der Waals surface area contributed by atoms with Gasteiger partial charge in [-0.05, 0) is 44.0 Å². The van der Waals surface area contributed by atoms with Crippen LogP contribution in [0.1, 0.15) is 20.7 Å². The molecule has 0 aliphatic carbocycles. The number of aldehydes is 1. The maximum atomic E-state index is 10.6. The van der Waals surface area contributed by atoms with Crippen LogP contribution in [-0.4, -0.2) is 17.4 Å². The molecule has 0 saturated carbocycles. The number of halogens is 2. The highest BCUT2D eigenvalue weighted by atomic mass is 79.9. The highest BCUT2D eigenvalue weighted by Crippen LogP contribution is 2.25. The Morgan fingerprint density at radius 2 is 1.77 bits per heavy atom. The third-order valence-corrected chi connectivity index (χ3v) is 2.76. The molecule has 68 valence electrons. The zero-order valence-electron chi connectivity index (χ0n) is 6.25. The summed E-state index contributed by atoms with van der Waals surface area (Å²) in [6.45, 7) is 0. The fourth-order valence-corrected chi connectivity index (χ4v) is 2.19. The normalized spacial score (nSPS) is 9.69. The number of carbonyl (C=O) groups is 2. The van der Waals surface area contributed by atoms with Crippen LogP contribution in [-0.2, 0) is 0 Å². The summed E-state index contributed by atoms with van der Waals surface area (Å²) >= 11 is 6.20. The molecule has 3 nitrogen and oxygen atoms in total. The summed E-state index contributed by atoms with van der Waals surface area (Å²) in [5.74, 6) is -1.03. The van der Waals surface area contributed by atoms with Gasteiger partial charge < -0.3 is 5.11 Å². The monoisotopic (exact) mass is 306 g/mol. The first kappa shape index (κ1) is 10.4. The third kappa shape index (κ3) is 2.16. The van der Waals surface area contributed by atoms with Crippen molar-refractivity contribution in [2.24, 2.45) is 0 Å². The number of hydrogen-bond acceptors (Lipinski definition) is 2. The van der Waals surface area contributed by atoms with Gasteiger partial charge in [-0.15, -0.1) is 0 Å². The zero-order valence-corrected chi connectivity index (χ0v) is 9.42. The first-order chi connectivity index (χ1) is 6.06. The second kappa shape index (κ2) is 4.02. The molecule has 0 aliphatic rings. The minimum absolute atomic E-state index is 0.129. The number of hydrogen-bond donors (Lipinski definition) is 1. The average Bonchev–Trinajstić information content (AvgIpc) is 2.03. The highest BCUT2D eigenvalue weighted by Gasteiger charge is 2.10. The van der Waals surface area contributed by atoms with E-state index in [0.717, 1.165) is 0 Å². The van der Waals surface area contributed by atoms with Crippen LogP contribution >= 0.6 is 31.9 Å². The molecule has 1 rings (SSSR count). The smallest absolute Gasteiger partial charge is 0.335 e. The molecule has 0 aromatic heterocycles. The predicted octanol–water partition coefficient (Wildman–Crippen LogP) is 2.72. The quantitative estimate of drug-likeness (QED) is 0.855. The second-order valence-corrected chi connectivity index (χ2v) is 3.99. The van der Waals surface area contributed by atoms with Crippen molar-refractivity contribution in [1.29, 1.82) is 0 Å². The molecule has 1 aromatic rings. The number of carboxylic acid groups (broad SMARTS) is 1. The van der Waals surface area contributed by atoms with Crippen molar-refractivity contribution in [3.8, 4) is 0 Å². The van der Waals surface area contributed by atoms with E-state index < -0.39 is 5.97 Å². The van der Waals surface area contributed by atoms with Crippen LogP contribution in [0.25, 0.3) is 0 Å². The largest absolute Gasteiger partial charge is 0.478 e. The lowest BCUT2D eigenvalue weighted by atomic mass is 10.1. The summed E-state index contributed by atoms with van der Waals surface area (Å²) in [5.41, 5.74) is 0.536. The Kier molecular flexibility index (Phi) is 3.22. The SMILES string of the molecule is O=Cc1c(Br)cc(C(=O)O)cc1Br. The summed E-state index contributed by atoms with van der Waals surface area (Å²) in [4.78, 5) is 21.1. The standard InChI is InChI=1S/C8H4Br2O3/c9-6-1-4(8(12)13)2-7(10)5(6)3-11/h1-3H,(H,12,13). The van der Waals surface area contributed by atoms with E-state index in [0.29, 0.717) is 20.8 Å². The number of carboxylic acids is 1. The fraction of sp³-hybridized carbons (Fsp3) is 0. The lowest BCUT2D eigenvalue weighted by molar-refractivity contribution is 0.0696. The topological polar surface area (TPSA) is 54.4 Å². The van der Waals surface area contributed by atoms with Crippen molar-refractivity contribution in [2.45, 2.75) is 0 Å². The summed E-state index contributed by atoms with van der Waals surface area (Å²) < 4.78 is 0.934. The average molecular weight is 308 g/mol. The van der Waals surface area contributed by atoms with Gasteiger partial charge in [0.2, 0.25) is 0 Å². The number of carbonyl (C=O) groups excluding carboxylic acids is 1. The van der Waals surface area contributed by atoms with Crippen LogP contribution in [0.3, 0.4) is 0 Å². The van der Waals surface area contributed by atoms with Gasteiger partial charge in [-0.1, -0.05) is 0 Å². The fourth-order valence-electron chi connectivity index (χ4n) is 0.820. The molecule has 5 heteroatoms. The third-order valence-electron chi connectivity index (χ3n) is 1.44. The Morgan fingerprint density at radius 1 is 1.31 bits per heavy atom. The van der Waals surface area contributed by atoms with E-state index in [1.165, 1.54) is 12.1 Å². The van der Waals surface area contributed by atoms with Gasteiger partial charge in [0.15, 0.2) is 6.29 Å². The predicted molar refractivity (Wildman–Crippen MR) is 54.2 cm³/mol. The van der Waals surface area contributed by atoms with Crippen LogP contribution in [0, 0.1) is 0 Å². The molecular formula is C8H4Br2O3. The van der Waals surface area contributed by atoms with Crippen molar-refractivity contribution >= 4 is 44.1 Å². The Hall–Kier alpha value is -0.680. The van der Waals surface area contributed by atoms with Gasteiger partial charge in [0, 0.05) is 14.5 Å². The van der Waals surface area contributed by atoms with E-state index in [4.69, 9.17) is 5.11 Å². The maximum absolute atomic E-state index is 10.6. The Balaban J connectivity index is 3.36. The van der Waals surface area contributed by atoms with Gasteiger partial charge in [0.25, 0.3) is 0 Å². The molecule has 0 spiro atoms. The van der Waals surface area contributed by atoms with E-state index in [1.54, 1.807) is 0 Å². The molecule has 13 heavy (non-hydrogen) atoms.